The Labute approximate surface area is 93.3 Å². The monoisotopic (exact) mass is 237 g/mol. The molecule has 5 heteroatoms. The van der Waals surface area contributed by atoms with Crippen molar-refractivity contribution in [1.82, 2.24) is 0 Å². The normalized spacial score (nSPS) is 44.4. The van der Waals surface area contributed by atoms with Gasteiger partial charge < -0.3 is 10.5 Å². The van der Waals surface area contributed by atoms with Gasteiger partial charge >= 0.3 is 6.18 Å². The van der Waals surface area contributed by atoms with Crippen LogP contribution in [0.2, 0.25) is 0 Å². The van der Waals surface area contributed by atoms with Crippen molar-refractivity contribution in [3.05, 3.63) is 0 Å². The summed E-state index contributed by atoms with van der Waals surface area (Å²) in [7, 11) is 0. The number of ether oxygens (including phenoxy) is 1. The first-order valence-electron chi connectivity index (χ1n) is 5.84. The minimum absolute atomic E-state index is 0.0321. The van der Waals surface area contributed by atoms with Crippen molar-refractivity contribution in [1.29, 1.82) is 0 Å². The maximum atomic E-state index is 12.7. The third-order valence-corrected chi connectivity index (χ3v) is 3.96. The molecule has 0 aromatic carbocycles. The van der Waals surface area contributed by atoms with Crippen LogP contribution in [0.4, 0.5) is 13.2 Å². The summed E-state index contributed by atoms with van der Waals surface area (Å²) in [5.41, 5.74) is 5.59. The van der Waals surface area contributed by atoms with E-state index >= 15 is 0 Å². The van der Waals surface area contributed by atoms with E-state index in [1.165, 1.54) is 0 Å². The lowest BCUT2D eigenvalue weighted by molar-refractivity contribution is -0.198. The third kappa shape index (κ3) is 2.20. The molecule has 1 saturated heterocycles. The van der Waals surface area contributed by atoms with Crippen LogP contribution in [0, 0.1) is 17.8 Å². The number of alkyl halides is 3. The van der Waals surface area contributed by atoms with E-state index in [4.69, 9.17) is 10.5 Å². The Hall–Kier alpha value is -0.290. The van der Waals surface area contributed by atoms with Crippen molar-refractivity contribution >= 4 is 0 Å². The number of nitrogens with two attached hydrogens (primary N) is 1. The molecule has 0 bridgehead atoms. The zero-order valence-corrected chi connectivity index (χ0v) is 9.33. The topological polar surface area (TPSA) is 35.2 Å². The van der Waals surface area contributed by atoms with E-state index in [1.807, 2.05) is 6.92 Å². The van der Waals surface area contributed by atoms with Gasteiger partial charge in [0.05, 0.1) is 18.1 Å². The summed E-state index contributed by atoms with van der Waals surface area (Å²) >= 11 is 0. The molecule has 1 aliphatic heterocycles. The largest absolute Gasteiger partial charge is 0.391 e. The fourth-order valence-electron chi connectivity index (χ4n) is 3.17. The molecule has 5 atom stereocenters. The summed E-state index contributed by atoms with van der Waals surface area (Å²) in [4.78, 5) is 0. The number of hydrogen-bond donors (Lipinski definition) is 1. The highest BCUT2D eigenvalue weighted by molar-refractivity contribution is 4.94. The van der Waals surface area contributed by atoms with Crippen LogP contribution in [-0.2, 0) is 4.74 Å². The molecule has 0 amide bonds. The number of rotatable bonds is 1. The lowest BCUT2D eigenvalue weighted by atomic mass is 9.71. The predicted octanol–water partition coefficient (Wildman–Crippen LogP) is 2.33. The van der Waals surface area contributed by atoms with Crippen LogP contribution in [0.15, 0.2) is 0 Å². The van der Waals surface area contributed by atoms with Crippen molar-refractivity contribution in [3.8, 4) is 0 Å². The lowest BCUT2D eigenvalue weighted by Gasteiger charge is -2.37. The van der Waals surface area contributed by atoms with E-state index in [1.54, 1.807) is 0 Å². The van der Waals surface area contributed by atoms with Crippen molar-refractivity contribution in [3.63, 3.8) is 0 Å². The summed E-state index contributed by atoms with van der Waals surface area (Å²) in [6.45, 7) is 2.26. The molecule has 1 heterocycles. The summed E-state index contributed by atoms with van der Waals surface area (Å²) in [5.74, 6) is -1.03. The first-order valence-corrected chi connectivity index (χ1v) is 5.84. The molecule has 1 aliphatic carbocycles. The van der Waals surface area contributed by atoms with Crippen LogP contribution >= 0.6 is 0 Å². The second-order valence-corrected chi connectivity index (χ2v) is 5.09. The summed E-state index contributed by atoms with van der Waals surface area (Å²) in [6.07, 6.45) is -3.10. The quantitative estimate of drug-likeness (QED) is 0.759. The van der Waals surface area contributed by atoms with Crippen LogP contribution in [0.1, 0.15) is 26.2 Å². The molecule has 1 saturated carbocycles. The first kappa shape index (κ1) is 12.2. The molecule has 2 rings (SSSR count). The van der Waals surface area contributed by atoms with Crippen molar-refractivity contribution < 1.29 is 17.9 Å². The number of hydrogen-bond acceptors (Lipinski definition) is 2. The zero-order valence-electron chi connectivity index (χ0n) is 9.33. The molecular formula is C11H18F3NO. The smallest absolute Gasteiger partial charge is 0.375 e. The highest BCUT2D eigenvalue weighted by Crippen LogP contribution is 2.47. The van der Waals surface area contributed by atoms with Gasteiger partial charge in [-0.05, 0) is 44.6 Å². The van der Waals surface area contributed by atoms with Gasteiger partial charge in [0.25, 0.3) is 0 Å². The summed E-state index contributed by atoms with van der Waals surface area (Å²) < 4.78 is 43.7. The van der Waals surface area contributed by atoms with Gasteiger partial charge in [0.2, 0.25) is 0 Å². The van der Waals surface area contributed by atoms with Crippen LogP contribution in [0.3, 0.4) is 0 Å². The van der Waals surface area contributed by atoms with E-state index in [2.05, 4.69) is 0 Å². The van der Waals surface area contributed by atoms with Crippen LogP contribution in [0.25, 0.3) is 0 Å². The first-order chi connectivity index (χ1) is 7.41. The second-order valence-electron chi connectivity index (χ2n) is 5.09. The highest BCUT2D eigenvalue weighted by atomic mass is 19.4. The SMILES string of the molecule is C[C@H]1C[C@@H]2[C@@H](CN)C[C@H](C(F)(F)F)C[C@H]2O1. The van der Waals surface area contributed by atoms with Gasteiger partial charge in [0.15, 0.2) is 0 Å². The Morgan fingerprint density at radius 2 is 1.94 bits per heavy atom. The van der Waals surface area contributed by atoms with E-state index in [0.717, 1.165) is 6.42 Å². The number of halogens is 3. The van der Waals surface area contributed by atoms with Gasteiger partial charge in [-0.25, -0.2) is 0 Å². The van der Waals surface area contributed by atoms with Gasteiger partial charge in [-0.15, -0.1) is 0 Å². The lowest BCUT2D eigenvalue weighted by Crippen LogP contribution is -2.42. The molecular weight excluding hydrogens is 219 g/mol. The molecule has 0 aromatic rings. The van der Waals surface area contributed by atoms with Crippen LogP contribution in [0.5, 0.6) is 0 Å². The molecule has 2 nitrogen and oxygen atoms in total. The highest BCUT2D eigenvalue weighted by Gasteiger charge is 2.51. The fourth-order valence-corrected chi connectivity index (χ4v) is 3.17. The molecule has 0 radical (unpaired) electrons. The van der Waals surface area contributed by atoms with Gasteiger partial charge in [-0.3, -0.25) is 0 Å². The van der Waals surface area contributed by atoms with E-state index in [-0.39, 0.29) is 36.9 Å². The van der Waals surface area contributed by atoms with Gasteiger partial charge in [0, 0.05) is 0 Å². The average Bonchev–Trinajstić information content (AvgIpc) is 2.54. The van der Waals surface area contributed by atoms with Gasteiger partial charge in [0.1, 0.15) is 0 Å². The predicted molar refractivity (Wildman–Crippen MR) is 53.8 cm³/mol. The minimum Gasteiger partial charge on any atom is -0.375 e. The van der Waals surface area contributed by atoms with Crippen LogP contribution in [-0.4, -0.2) is 24.9 Å². The van der Waals surface area contributed by atoms with E-state index < -0.39 is 12.1 Å². The maximum absolute atomic E-state index is 12.7. The molecule has 2 fully saturated rings. The molecule has 2 N–H and O–H groups in total. The number of fused-ring (bicyclic) bond motifs is 1. The molecule has 94 valence electrons. The Morgan fingerprint density at radius 1 is 1.25 bits per heavy atom. The Bertz CT molecular complexity index is 248. The Kier molecular flexibility index (Phi) is 3.18. The second kappa shape index (κ2) is 4.18. The zero-order chi connectivity index (χ0) is 11.9. The molecule has 0 unspecified atom stereocenters. The Balaban J connectivity index is 2.10. The Morgan fingerprint density at radius 3 is 2.50 bits per heavy atom. The molecule has 0 aromatic heterocycles. The standard InChI is InChI=1S/C11H18F3NO/c1-6-2-9-7(5-15)3-8(11(12,13)14)4-10(9)16-6/h6-10H,2-5,15H2,1H3/t6-,7+,8-,9+,10+/m0/s1. The van der Waals surface area contributed by atoms with Crippen molar-refractivity contribution in [2.24, 2.45) is 23.5 Å². The fraction of sp³-hybridized carbons (Fsp3) is 1.00. The van der Waals surface area contributed by atoms with E-state index in [9.17, 15) is 13.2 Å². The van der Waals surface area contributed by atoms with Crippen LogP contribution < -0.4 is 5.73 Å². The average molecular weight is 237 g/mol. The maximum Gasteiger partial charge on any atom is 0.391 e. The van der Waals surface area contributed by atoms with Crippen molar-refractivity contribution in [2.75, 3.05) is 6.54 Å². The van der Waals surface area contributed by atoms with Gasteiger partial charge in [-0.1, -0.05) is 0 Å². The summed E-state index contributed by atoms with van der Waals surface area (Å²) in [5, 5.41) is 0. The van der Waals surface area contributed by atoms with Gasteiger partial charge in [-0.2, -0.15) is 13.2 Å². The third-order valence-electron chi connectivity index (χ3n) is 3.96. The summed E-state index contributed by atoms with van der Waals surface area (Å²) in [6, 6.07) is 0. The molecule has 2 aliphatic rings. The molecule has 0 spiro atoms. The minimum atomic E-state index is -4.10. The molecule has 16 heavy (non-hydrogen) atoms. The van der Waals surface area contributed by atoms with Crippen molar-refractivity contribution in [2.45, 2.75) is 44.6 Å². The van der Waals surface area contributed by atoms with E-state index in [0.29, 0.717) is 6.54 Å².